The second-order valence-corrected chi connectivity index (χ2v) is 6.09. The average molecular weight is 495 g/mol. The van der Waals surface area contributed by atoms with Crippen molar-refractivity contribution >= 4 is 23.6 Å². The van der Waals surface area contributed by atoms with E-state index >= 15 is 0 Å². The summed E-state index contributed by atoms with van der Waals surface area (Å²) in [6, 6.07) is 10.6. The van der Waals surface area contributed by atoms with Crippen molar-refractivity contribution < 1.29 is 56.0 Å². The monoisotopic (exact) mass is 495 g/mol. The molecule has 0 aliphatic heterocycles. The van der Waals surface area contributed by atoms with Crippen molar-refractivity contribution in [3.63, 3.8) is 0 Å². The molecule has 0 atom stereocenters. The number of alkyl halides is 6. The first kappa shape index (κ1) is 27.9. The van der Waals surface area contributed by atoms with E-state index in [1.54, 1.807) is 18.2 Å². The van der Waals surface area contributed by atoms with Gasteiger partial charge >= 0.3 is 30.3 Å². The normalized spacial score (nSPS) is 11.0. The highest BCUT2D eigenvalue weighted by atomic mass is 19.4. The van der Waals surface area contributed by atoms with Crippen LogP contribution in [0.4, 0.5) is 26.3 Å². The fraction of sp³-hybridized carbons (Fsp3) is 0.158. The highest BCUT2D eigenvalue weighted by Crippen LogP contribution is 2.22. The predicted octanol–water partition coefficient (Wildman–Crippen LogP) is 3.42. The molecular weight excluding hydrogens is 480 g/mol. The third-order valence-corrected chi connectivity index (χ3v) is 3.67. The van der Waals surface area contributed by atoms with Crippen LogP contribution in [0.25, 0.3) is 16.9 Å². The van der Waals surface area contributed by atoms with Crippen LogP contribution in [0.2, 0.25) is 0 Å². The molecule has 5 N–H and O–H groups in total. The first-order valence-electron chi connectivity index (χ1n) is 8.68. The van der Waals surface area contributed by atoms with E-state index in [4.69, 9.17) is 30.6 Å². The maximum atomic E-state index is 11.0. The van der Waals surface area contributed by atoms with Gasteiger partial charge in [-0.25, -0.2) is 19.4 Å². The Morgan fingerprint density at radius 1 is 0.912 bits per heavy atom. The highest BCUT2D eigenvalue weighted by Gasteiger charge is 2.38. The number of halogens is 6. The zero-order chi connectivity index (χ0) is 26.3. The third kappa shape index (κ3) is 8.09. The molecule has 2 heterocycles. The van der Waals surface area contributed by atoms with Crippen LogP contribution in [0, 0.1) is 0 Å². The van der Waals surface area contributed by atoms with Gasteiger partial charge in [0.05, 0.1) is 11.3 Å². The molecule has 0 fully saturated rings. The Hall–Kier alpha value is -4.14. The number of rotatable bonds is 3. The lowest BCUT2D eigenvalue weighted by Crippen LogP contribution is -2.21. The summed E-state index contributed by atoms with van der Waals surface area (Å²) in [4.78, 5) is 33.4. The number of hydrogen-bond acceptors (Lipinski definition) is 5. The molecule has 3 aromatic rings. The van der Waals surface area contributed by atoms with Gasteiger partial charge in [0, 0.05) is 30.1 Å². The van der Waals surface area contributed by atoms with Crippen LogP contribution in [0.5, 0.6) is 0 Å². The SMILES string of the molecule is NCc1cccn2cc(-c3cccc(C(=O)O)c3)nc12.O=C(O)C(F)(F)F.O=C(O)C(F)(F)F. The van der Waals surface area contributed by atoms with E-state index in [2.05, 4.69) is 4.98 Å². The predicted molar refractivity (Wildman–Crippen MR) is 103 cm³/mol. The van der Waals surface area contributed by atoms with Crippen molar-refractivity contribution in [1.82, 2.24) is 9.38 Å². The Balaban J connectivity index is 0.000000343. The molecule has 15 heteroatoms. The van der Waals surface area contributed by atoms with Crippen molar-refractivity contribution in [2.24, 2.45) is 5.73 Å². The first-order chi connectivity index (χ1) is 15.6. The second kappa shape index (κ2) is 11.1. The van der Waals surface area contributed by atoms with E-state index in [0.29, 0.717) is 6.54 Å². The van der Waals surface area contributed by atoms with E-state index in [1.165, 1.54) is 0 Å². The smallest absolute Gasteiger partial charge is 0.478 e. The van der Waals surface area contributed by atoms with Gasteiger partial charge in [0.2, 0.25) is 0 Å². The van der Waals surface area contributed by atoms with E-state index in [1.807, 2.05) is 35.0 Å². The Labute approximate surface area is 185 Å². The first-order valence-corrected chi connectivity index (χ1v) is 8.68. The molecule has 184 valence electrons. The molecule has 0 aliphatic carbocycles. The number of aliphatic carboxylic acids is 2. The zero-order valence-corrected chi connectivity index (χ0v) is 16.6. The Morgan fingerprint density at radius 2 is 1.44 bits per heavy atom. The number of imidazole rings is 1. The lowest BCUT2D eigenvalue weighted by Gasteiger charge is -1.98. The van der Waals surface area contributed by atoms with Crippen LogP contribution in [-0.4, -0.2) is 55.0 Å². The van der Waals surface area contributed by atoms with Crippen LogP contribution in [0.3, 0.4) is 0 Å². The minimum absolute atomic E-state index is 0.249. The number of carboxylic acids is 3. The quantitative estimate of drug-likeness (QED) is 0.403. The summed E-state index contributed by atoms with van der Waals surface area (Å²) in [5, 5.41) is 23.3. The molecule has 2 aromatic heterocycles. The lowest BCUT2D eigenvalue weighted by molar-refractivity contribution is -0.193. The van der Waals surface area contributed by atoms with Gasteiger partial charge in [0.15, 0.2) is 0 Å². The highest BCUT2D eigenvalue weighted by molar-refractivity contribution is 5.89. The summed E-state index contributed by atoms with van der Waals surface area (Å²) < 4.78 is 65.4. The number of aromatic carboxylic acids is 1. The number of fused-ring (bicyclic) bond motifs is 1. The van der Waals surface area contributed by atoms with Crippen molar-refractivity contribution in [2.45, 2.75) is 18.9 Å². The third-order valence-electron chi connectivity index (χ3n) is 3.67. The molecule has 0 spiro atoms. The van der Waals surface area contributed by atoms with Crippen molar-refractivity contribution in [3.05, 3.63) is 59.9 Å². The minimum Gasteiger partial charge on any atom is -0.478 e. The van der Waals surface area contributed by atoms with Crippen LogP contribution >= 0.6 is 0 Å². The molecular formula is C19H15F6N3O6. The zero-order valence-electron chi connectivity index (χ0n) is 16.6. The summed E-state index contributed by atoms with van der Waals surface area (Å²) in [6.07, 6.45) is -6.40. The molecule has 0 saturated carbocycles. The molecule has 0 saturated heterocycles. The number of carbonyl (C=O) groups is 3. The molecule has 9 nitrogen and oxygen atoms in total. The summed E-state index contributed by atoms with van der Waals surface area (Å²) in [7, 11) is 0. The van der Waals surface area contributed by atoms with Crippen LogP contribution in [0.1, 0.15) is 15.9 Å². The van der Waals surface area contributed by atoms with Crippen LogP contribution in [0.15, 0.2) is 48.8 Å². The molecule has 0 unspecified atom stereocenters. The van der Waals surface area contributed by atoms with E-state index in [9.17, 15) is 31.1 Å². The topological polar surface area (TPSA) is 155 Å². The summed E-state index contributed by atoms with van der Waals surface area (Å²) in [6.45, 7) is 0.413. The van der Waals surface area contributed by atoms with Crippen LogP contribution < -0.4 is 5.73 Å². The molecule has 1 aromatic carbocycles. The number of benzene rings is 1. The van der Waals surface area contributed by atoms with Gasteiger partial charge in [-0.2, -0.15) is 26.3 Å². The Kier molecular flexibility index (Phi) is 9.13. The summed E-state index contributed by atoms with van der Waals surface area (Å²) in [5.41, 5.74) is 9.20. The van der Waals surface area contributed by atoms with Crippen molar-refractivity contribution in [1.29, 1.82) is 0 Å². The Bertz CT molecular complexity index is 1150. The summed E-state index contributed by atoms with van der Waals surface area (Å²) >= 11 is 0. The van der Waals surface area contributed by atoms with Gasteiger partial charge in [-0.1, -0.05) is 18.2 Å². The standard InChI is InChI=1S/C15H13N3O2.2C2HF3O2/c16-8-12-5-2-6-18-9-13(17-14(12)18)10-3-1-4-11(7-10)15(19)20;2*3-2(4,5)1(6)7/h1-7,9H,8,16H2,(H,19,20);2*(H,6,7). The molecule has 34 heavy (non-hydrogen) atoms. The lowest BCUT2D eigenvalue weighted by atomic mass is 10.1. The number of pyridine rings is 1. The van der Waals surface area contributed by atoms with Gasteiger partial charge in [0.1, 0.15) is 5.65 Å². The van der Waals surface area contributed by atoms with Gasteiger partial charge in [0.25, 0.3) is 0 Å². The van der Waals surface area contributed by atoms with Gasteiger partial charge in [-0.05, 0) is 18.2 Å². The van der Waals surface area contributed by atoms with Crippen molar-refractivity contribution in [2.75, 3.05) is 0 Å². The average Bonchev–Trinajstić information content (AvgIpc) is 3.18. The molecule has 0 radical (unpaired) electrons. The number of aromatic nitrogens is 2. The maximum Gasteiger partial charge on any atom is 0.490 e. The van der Waals surface area contributed by atoms with E-state index in [-0.39, 0.29) is 5.56 Å². The Morgan fingerprint density at radius 3 is 1.88 bits per heavy atom. The van der Waals surface area contributed by atoms with E-state index in [0.717, 1.165) is 22.5 Å². The minimum atomic E-state index is -5.08. The fourth-order valence-electron chi connectivity index (χ4n) is 2.18. The largest absolute Gasteiger partial charge is 0.490 e. The number of nitrogens with zero attached hydrogens (tertiary/aromatic N) is 2. The molecule has 0 amide bonds. The van der Waals surface area contributed by atoms with Gasteiger partial charge in [-0.3, -0.25) is 0 Å². The number of nitrogens with two attached hydrogens (primary N) is 1. The maximum absolute atomic E-state index is 11.0. The van der Waals surface area contributed by atoms with Crippen molar-refractivity contribution in [3.8, 4) is 11.3 Å². The molecule has 0 bridgehead atoms. The van der Waals surface area contributed by atoms with Gasteiger partial charge < -0.3 is 25.5 Å². The number of hydrogen-bond donors (Lipinski definition) is 4. The molecule has 3 rings (SSSR count). The fourth-order valence-corrected chi connectivity index (χ4v) is 2.18. The number of carboxylic acid groups (broad SMARTS) is 3. The second-order valence-electron chi connectivity index (χ2n) is 6.09. The molecule has 0 aliphatic rings. The van der Waals surface area contributed by atoms with Gasteiger partial charge in [-0.15, -0.1) is 0 Å². The van der Waals surface area contributed by atoms with E-state index < -0.39 is 30.3 Å². The van der Waals surface area contributed by atoms with Crippen LogP contribution in [-0.2, 0) is 16.1 Å². The summed E-state index contributed by atoms with van der Waals surface area (Å²) in [5.74, 6) is -6.46.